The van der Waals surface area contributed by atoms with Crippen molar-refractivity contribution in [3.8, 4) is 0 Å². The molecule has 0 aromatic heterocycles. The third kappa shape index (κ3) is 9.23. The zero-order valence-electron chi connectivity index (χ0n) is 12.7. The molecule has 0 spiro atoms. The van der Waals surface area contributed by atoms with Gasteiger partial charge in [-0.2, -0.15) is 0 Å². The average Bonchev–Trinajstić information content (AvgIpc) is 3.19. The topological polar surface area (TPSA) is 32.8 Å². The SMILES string of the molecule is CCCCCCCCCCCC/C=C\C1OC1CO. The van der Waals surface area contributed by atoms with E-state index in [1.54, 1.807) is 0 Å². The van der Waals surface area contributed by atoms with Crippen molar-refractivity contribution in [1.82, 2.24) is 0 Å². The van der Waals surface area contributed by atoms with Crippen molar-refractivity contribution >= 4 is 0 Å². The molecule has 2 atom stereocenters. The highest BCUT2D eigenvalue weighted by Gasteiger charge is 2.35. The number of aliphatic hydroxyl groups is 1. The molecule has 0 amide bonds. The molecule has 0 radical (unpaired) electrons. The van der Waals surface area contributed by atoms with E-state index in [1.807, 2.05) is 0 Å². The van der Waals surface area contributed by atoms with E-state index in [1.165, 1.54) is 64.2 Å². The van der Waals surface area contributed by atoms with Gasteiger partial charge < -0.3 is 9.84 Å². The Morgan fingerprint density at radius 3 is 2.00 bits per heavy atom. The van der Waals surface area contributed by atoms with E-state index in [0.29, 0.717) is 0 Å². The van der Waals surface area contributed by atoms with Gasteiger partial charge in [-0.1, -0.05) is 76.9 Å². The fourth-order valence-corrected chi connectivity index (χ4v) is 2.45. The van der Waals surface area contributed by atoms with Crippen LogP contribution in [0.25, 0.3) is 0 Å². The number of rotatable bonds is 13. The highest BCUT2D eigenvalue weighted by atomic mass is 16.6. The third-order valence-electron chi connectivity index (χ3n) is 3.85. The lowest BCUT2D eigenvalue weighted by atomic mass is 10.1. The largest absolute Gasteiger partial charge is 0.394 e. The van der Waals surface area contributed by atoms with Crippen molar-refractivity contribution in [3.05, 3.63) is 12.2 Å². The van der Waals surface area contributed by atoms with Crippen molar-refractivity contribution in [1.29, 1.82) is 0 Å². The lowest BCUT2D eigenvalue weighted by molar-refractivity contribution is 0.243. The summed E-state index contributed by atoms with van der Waals surface area (Å²) in [7, 11) is 0. The van der Waals surface area contributed by atoms with Gasteiger partial charge >= 0.3 is 0 Å². The van der Waals surface area contributed by atoms with Crippen LogP contribution in [-0.4, -0.2) is 23.9 Å². The van der Waals surface area contributed by atoms with E-state index in [4.69, 9.17) is 9.84 Å². The van der Waals surface area contributed by atoms with Crippen LogP contribution in [0, 0.1) is 0 Å². The molecule has 0 bridgehead atoms. The van der Waals surface area contributed by atoms with E-state index < -0.39 is 0 Å². The van der Waals surface area contributed by atoms with Crippen LogP contribution in [0.15, 0.2) is 12.2 Å². The molecule has 2 nitrogen and oxygen atoms in total. The Bertz CT molecular complexity index is 225. The molecule has 1 heterocycles. The molecule has 112 valence electrons. The van der Waals surface area contributed by atoms with Crippen LogP contribution in [0.4, 0.5) is 0 Å². The molecule has 1 saturated heterocycles. The minimum atomic E-state index is 0.0870. The first-order valence-corrected chi connectivity index (χ1v) is 8.31. The molecule has 0 aromatic carbocycles. The summed E-state index contributed by atoms with van der Waals surface area (Å²) < 4.78 is 5.23. The van der Waals surface area contributed by atoms with Gasteiger partial charge in [0.15, 0.2) is 0 Å². The highest BCUT2D eigenvalue weighted by Crippen LogP contribution is 2.22. The summed E-state index contributed by atoms with van der Waals surface area (Å²) in [5.41, 5.74) is 0. The molecule has 0 aliphatic carbocycles. The zero-order valence-corrected chi connectivity index (χ0v) is 12.7. The zero-order chi connectivity index (χ0) is 13.8. The summed E-state index contributed by atoms with van der Waals surface area (Å²) >= 11 is 0. The molecule has 1 aliphatic heterocycles. The van der Waals surface area contributed by atoms with Crippen LogP contribution in [-0.2, 0) is 4.74 Å². The Morgan fingerprint density at radius 1 is 0.895 bits per heavy atom. The van der Waals surface area contributed by atoms with Gasteiger partial charge in [0, 0.05) is 0 Å². The summed E-state index contributed by atoms with van der Waals surface area (Å²) in [4.78, 5) is 0. The number of ether oxygens (including phenoxy) is 1. The average molecular weight is 268 g/mol. The van der Waals surface area contributed by atoms with Crippen molar-refractivity contribution in [3.63, 3.8) is 0 Å². The predicted octanol–water partition coefficient (Wildman–Crippen LogP) is 4.61. The van der Waals surface area contributed by atoms with Crippen molar-refractivity contribution in [2.45, 2.75) is 89.8 Å². The summed E-state index contributed by atoms with van der Waals surface area (Å²) in [5, 5.41) is 8.81. The molecule has 0 saturated carbocycles. The van der Waals surface area contributed by atoms with Crippen molar-refractivity contribution in [2.75, 3.05) is 6.61 Å². The molecule has 2 heteroatoms. The molecule has 1 fully saturated rings. The van der Waals surface area contributed by atoms with E-state index in [9.17, 15) is 0 Å². The second kappa shape index (κ2) is 11.5. The number of aliphatic hydroxyl groups excluding tert-OH is 1. The van der Waals surface area contributed by atoms with E-state index in [0.717, 1.165) is 6.42 Å². The fraction of sp³-hybridized carbons (Fsp3) is 0.882. The lowest BCUT2D eigenvalue weighted by Crippen LogP contribution is -1.95. The molecule has 2 unspecified atom stereocenters. The van der Waals surface area contributed by atoms with Crippen LogP contribution in [0.3, 0.4) is 0 Å². The van der Waals surface area contributed by atoms with Gasteiger partial charge in [0.1, 0.15) is 12.2 Å². The molecular weight excluding hydrogens is 236 g/mol. The number of hydrogen-bond donors (Lipinski definition) is 1. The quantitative estimate of drug-likeness (QED) is 0.300. The normalized spacial score (nSPS) is 22.2. The Hall–Kier alpha value is -0.340. The van der Waals surface area contributed by atoms with Crippen LogP contribution in [0.2, 0.25) is 0 Å². The molecule has 0 aromatic rings. The summed E-state index contributed by atoms with van der Waals surface area (Å²) in [5.74, 6) is 0. The van der Waals surface area contributed by atoms with E-state index in [-0.39, 0.29) is 18.8 Å². The van der Waals surface area contributed by atoms with Gasteiger partial charge in [-0.05, 0) is 12.8 Å². The number of epoxide rings is 1. The maximum Gasteiger partial charge on any atom is 0.111 e. The second-order valence-corrected chi connectivity index (χ2v) is 5.72. The standard InChI is InChI=1S/C17H32O2/c1-2-3-4-5-6-7-8-9-10-11-12-13-14-16-17(15-18)19-16/h13-14,16-18H,2-12,15H2,1H3/b14-13-. The number of unbranched alkanes of at least 4 members (excludes halogenated alkanes) is 10. The molecule has 1 N–H and O–H groups in total. The van der Waals surface area contributed by atoms with Gasteiger partial charge in [0.25, 0.3) is 0 Å². The molecule has 1 aliphatic rings. The minimum absolute atomic E-state index is 0.0870. The van der Waals surface area contributed by atoms with E-state index >= 15 is 0 Å². The first kappa shape index (κ1) is 16.7. The van der Waals surface area contributed by atoms with Gasteiger partial charge in [-0.15, -0.1) is 0 Å². The summed E-state index contributed by atoms with van der Waals surface area (Å²) in [6.07, 6.45) is 19.7. The molecule has 19 heavy (non-hydrogen) atoms. The molecule has 1 rings (SSSR count). The van der Waals surface area contributed by atoms with Crippen molar-refractivity contribution < 1.29 is 9.84 Å². The van der Waals surface area contributed by atoms with Crippen molar-refractivity contribution in [2.24, 2.45) is 0 Å². The second-order valence-electron chi connectivity index (χ2n) is 5.72. The van der Waals surface area contributed by atoms with E-state index in [2.05, 4.69) is 19.1 Å². The van der Waals surface area contributed by atoms with Crippen LogP contribution < -0.4 is 0 Å². The lowest BCUT2D eigenvalue weighted by Gasteiger charge is -2.01. The Kier molecular flexibility index (Phi) is 10.1. The number of allylic oxidation sites excluding steroid dienone is 1. The smallest absolute Gasteiger partial charge is 0.111 e. The number of hydrogen-bond acceptors (Lipinski definition) is 2. The maximum absolute atomic E-state index is 8.81. The Labute approximate surface area is 119 Å². The monoisotopic (exact) mass is 268 g/mol. The summed E-state index contributed by atoms with van der Waals surface area (Å²) in [6, 6.07) is 0. The van der Waals surface area contributed by atoms with Gasteiger partial charge in [0.2, 0.25) is 0 Å². The molecular formula is C17H32O2. The van der Waals surface area contributed by atoms with Gasteiger partial charge in [-0.3, -0.25) is 0 Å². The first-order chi connectivity index (χ1) is 9.38. The van der Waals surface area contributed by atoms with Gasteiger partial charge in [-0.25, -0.2) is 0 Å². The highest BCUT2D eigenvalue weighted by molar-refractivity contribution is 5.02. The van der Waals surface area contributed by atoms with Gasteiger partial charge in [0.05, 0.1) is 6.61 Å². The Balaban J connectivity index is 1.72. The first-order valence-electron chi connectivity index (χ1n) is 8.31. The summed E-state index contributed by atoms with van der Waals surface area (Å²) in [6.45, 7) is 2.43. The Morgan fingerprint density at radius 2 is 1.47 bits per heavy atom. The van der Waals surface area contributed by atoms with Crippen LogP contribution in [0.5, 0.6) is 0 Å². The van der Waals surface area contributed by atoms with Crippen LogP contribution in [0.1, 0.15) is 77.6 Å². The minimum Gasteiger partial charge on any atom is -0.394 e. The predicted molar refractivity (Wildman–Crippen MR) is 81.3 cm³/mol. The maximum atomic E-state index is 8.81. The fourth-order valence-electron chi connectivity index (χ4n) is 2.45. The third-order valence-corrected chi connectivity index (χ3v) is 3.85. The van der Waals surface area contributed by atoms with Crippen LogP contribution >= 0.6 is 0 Å².